The fourth-order valence-corrected chi connectivity index (χ4v) is 1.72. The Balaban J connectivity index is 2.02. The number of rotatable bonds is 3. The molecular formula is C14H16N4O. The molecule has 0 aliphatic rings. The van der Waals surface area contributed by atoms with E-state index in [1.54, 1.807) is 12.3 Å². The van der Waals surface area contributed by atoms with Gasteiger partial charge in [0.25, 0.3) is 5.91 Å². The molecule has 0 radical (unpaired) electrons. The van der Waals surface area contributed by atoms with E-state index in [1.807, 2.05) is 32.9 Å². The molecule has 0 aliphatic carbocycles. The Morgan fingerprint density at radius 1 is 1.32 bits per heavy atom. The third-order valence-electron chi connectivity index (χ3n) is 2.73. The first-order valence-corrected chi connectivity index (χ1v) is 5.99. The molecule has 1 amide bonds. The number of nitrogens with zero attached hydrogens (tertiary/aromatic N) is 2. The lowest BCUT2D eigenvalue weighted by atomic mass is 10.1. The van der Waals surface area contributed by atoms with E-state index in [4.69, 9.17) is 0 Å². The number of carbonyl (C=O) groups is 1. The largest absolute Gasteiger partial charge is 0.291 e. The van der Waals surface area contributed by atoms with E-state index >= 15 is 0 Å². The zero-order chi connectivity index (χ0) is 13.8. The molecule has 2 N–H and O–H groups in total. The van der Waals surface area contributed by atoms with Gasteiger partial charge in [0.2, 0.25) is 0 Å². The lowest BCUT2D eigenvalue weighted by Crippen LogP contribution is -2.18. The van der Waals surface area contributed by atoms with Crippen LogP contribution in [-0.2, 0) is 0 Å². The highest BCUT2D eigenvalue weighted by Gasteiger charge is 2.07. The average molecular weight is 256 g/mol. The summed E-state index contributed by atoms with van der Waals surface area (Å²) in [5.41, 5.74) is 6.91. The molecule has 1 heterocycles. The van der Waals surface area contributed by atoms with E-state index < -0.39 is 0 Å². The van der Waals surface area contributed by atoms with Crippen LogP contribution >= 0.6 is 0 Å². The van der Waals surface area contributed by atoms with Gasteiger partial charge in [-0.25, -0.2) is 5.43 Å². The van der Waals surface area contributed by atoms with E-state index in [-0.39, 0.29) is 5.91 Å². The summed E-state index contributed by atoms with van der Waals surface area (Å²) >= 11 is 0. The lowest BCUT2D eigenvalue weighted by molar-refractivity contribution is 0.0950. The van der Waals surface area contributed by atoms with Crippen LogP contribution in [0.2, 0.25) is 0 Å². The molecule has 1 aromatic heterocycles. The summed E-state index contributed by atoms with van der Waals surface area (Å²) in [6, 6.07) is 7.72. The predicted octanol–water partition coefficient (Wildman–Crippen LogP) is 2.10. The molecule has 19 heavy (non-hydrogen) atoms. The Morgan fingerprint density at radius 3 is 2.74 bits per heavy atom. The number of hydrogen-bond acceptors (Lipinski definition) is 3. The minimum Gasteiger partial charge on any atom is -0.282 e. The summed E-state index contributed by atoms with van der Waals surface area (Å²) in [6.07, 6.45) is 1.63. The number of aryl methyl sites for hydroxylation is 3. The molecule has 5 nitrogen and oxygen atoms in total. The van der Waals surface area contributed by atoms with Crippen LogP contribution in [0.3, 0.4) is 0 Å². The summed E-state index contributed by atoms with van der Waals surface area (Å²) in [7, 11) is 0. The highest BCUT2D eigenvalue weighted by Crippen LogP contribution is 2.07. The fraction of sp³-hybridized carbons (Fsp3) is 0.214. The molecule has 1 aromatic carbocycles. The lowest BCUT2D eigenvalue weighted by Gasteiger charge is -2.01. The predicted molar refractivity (Wildman–Crippen MR) is 74.3 cm³/mol. The second kappa shape index (κ2) is 5.48. The Bertz CT molecular complexity index is 628. The fourth-order valence-electron chi connectivity index (χ4n) is 1.72. The summed E-state index contributed by atoms with van der Waals surface area (Å²) in [4.78, 5) is 11.7. The van der Waals surface area contributed by atoms with Crippen LogP contribution < -0.4 is 5.43 Å². The van der Waals surface area contributed by atoms with Crippen molar-refractivity contribution in [2.75, 3.05) is 0 Å². The van der Waals surface area contributed by atoms with Crippen LogP contribution in [0.1, 0.15) is 32.9 Å². The van der Waals surface area contributed by atoms with Gasteiger partial charge in [0.05, 0.1) is 6.21 Å². The normalized spacial score (nSPS) is 10.9. The second-order valence-electron chi connectivity index (χ2n) is 4.50. The molecule has 5 heteroatoms. The van der Waals surface area contributed by atoms with Crippen molar-refractivity contribution in [1.29, 1.82) is 0 Å². The molecular weight excluding hydrogens is 240 g/mol. The number of benzene rings is 1. The topological polar surface area (TPSA) is 70.1 Å². The molecule has 0 bridgehead atoms. The molecule has 0 atom stereocenters. The van der Waals surface area contributed by atoms with Gasteiger partial charge in [0, 0.05) is 5.69 Å². The third-order valence-corrected chi connectivity index (χ3v) is 2.73. The van der Waals surface area contributed by atoms with Gasteiger partial charge in [-0.3, -0.25) is 9.89 Å². The maximum absolute atomic E-state index is 11.7. The van der Waals surface area contributed by atoms with E-state index in [2.05, 4.69) is 26.8 Å². The maximum atomic E-state index is 11.7. The van der Waals surface area contributed by atoms with Crippen molar-refractivity contribution < 1.29 is 4.79 Å². The van der Waals surface area contributed by atoms with Crippen LogP contribution in [0.4, 0.5) is 0 Å². The average Bonchev–Trinajstić information content (AvgIpc) is 2.78. The van der Waals surface area contributed by atoms with Gasteiger partial charge in [0.1, 0.15) is 0 Å². The van der Waals surface area contributed by atoms with E-state index in [0.29, 0.717) is 5.69 Å². The van der Waals surface area contributed by atoms with Crippen LogP contribution in [-0.4, -0.2) is 22.3 Å². The molecule has 0 spiro atoms. The summed E-state index contributed by atoms with van der Waals surface area (Å²) in [6.45, 7) is 5.88. The molecule has 98 valence electrons. The number of aromatic nitrogens is 2. The van der Waals surface area contributed by atoms with Crippen molar-refractivity contribution in [1.82, 2.24) is 15.6 Å². The monoisotopic (exact) mass is 256 g/mol. The molecule has 0 saturated carbocycles. The minimum atomic E-state index is -0.328. The van der Waals surface area contributed by atoms with Crippen LogP contribution in [0.5, 0.6) is 0 Å². The quantitative estimate of drug-likeness (QED) is 0.652. The number of nitrogens with one attached hydrogen (secondary N) is 2. The highest BCUT2D eigenvalue weighted by molar-refractivity contribution is 5.93. The van der Waals surface area contributed by atoms with Gasteiger partial charge in [-0.1, -0.05) is 23.8 Å². The van der Waals surface area contributed by atoms with Gasteiger partial charge in [-0.05, 0) is 38.0 Å². The van der Waals surface area contributed by atoms with Gasteiger partial charge in [-0.2, -0.15) is 10.2 Å². The molecule has 2 aromatic rings. The number of aromatic amines is 1. The van der Waals surface area contributed by atoms with E-state index in [9.17, 15) is 4.79 Å². The molecule has 2 rings (SSSR count). The first-order valence-electron chi connectivity index (χ1n) is 5.99. The molecule has 0 saturated heterocycles. The van der Waals surface area contributed by atoms with Crippen LogP contribution in [0.15, 0.2) is 29.4 Å². The van der Waals surface area contributed by atoms with Gasteiger partial charge >= 0.3 is 0 Å². The Morgan fingerprint density at radius 2 is 2.11 bits per heavy atom. The number of H-pyrrole nitrogens is 1. The number of amides is 1. The Hall–Kier alpha value is -2.43. The van der Waals surface area contributed by atoms with Gasteiger partial charge in [-0.15, -0.1) is 0 Å². The Kier molecular flexibility index (Phi) is 3.75. The van der Waals surface area contributed by atoms with Crippen molar-refractivity contribution in [3.63, 3.8) is 0 Å². The summed E-state index contributed by atoms with van der Waals surface area (Å²) in [5, 5.41) is 10.5. The Labute approximate surface area is 111 Å². The second-order valence-corrected chi connectivity index (χ2v) is 4.50. The number of carbonyl (C=O) groups excluding carboxylic acids is 1. The van der Waals surface area contributed by atoms with E-state index in [1.165, 1.54) is 5.56 Å². The minimum absolute atomic E-state index is 0.328. The van der Waals surface area contributed by atoms with Crippen molar-refractivity contribution >= 4 is 12.1 Å². The third kappa shape index (κ3) is 3.28. The zero-order valence-electron chi connectivity index (χ0n) is 11.2. The summed E-state index contributed by atoms with van der Waals surface area (Å²) in [5.74, 6) is -0.328. The molecule has 0 aliphatic heterocycles. The van der Waals surface area contributed by atoms with E-state index in [0.717, 1.165) is 16.8 Å². The maximum Gasteiger partial charge on any atom is 0.291 e. The first-order chi connectivity index (χ1) is 9.06. The van der Waals surface area contributed by atoms with Crippen molar-refractivity contribution in [3.8, 4) is 0 Å². The van der Waals surface area contributed by atoms with Crippen molar-refractivity contribution in [2.45, 2.75) is 20.8 Å². The SMILES string of the molecule is Cc1ccc(C=NNC(=O)c2cc(C)[nH]n2)c(C)c1. The van der Waals surface area contributed by atoms with Gasteiger partial charge in [0.15, 0.2) is 5.69 Å². The van der Waals surface area contributed by atoms with Crippen LogP contribution in [0.25, 0.3) is 0 Å². The van der Waals surface area contributed by atoms with Crippen LogP contribution in [0, 0.1) is 20.8 Å². The van der Waals surface area contributed by atoms with Crippen molar-refractivity contribution in [3.05, 3.63) is 52.3 Å². The first kappa shape index (κ1) is 13.0. The number of hydrazone groups is 1. The van der Waals surface area contributed by atoms with Gasteiger partial charge < -0.3 is 0 Å². The summed E-state index contributed by atoms with van der Waals surface area (Å²) < 4.78 is 0. The zero-order valence-corrected chi connectivity index (χ0v) is 11.2. The molecule has 0 unspecified atom stereocenters. The molecule has 0 fully saturated rings. The van der Waals surface area contributed by atoms with Crippen molar-refractivity contribution in [2.24, 2.45) is 5.10 Å². The standard InChI is InChI=1S/C14H16N4O/c1-9-4-5-12(10(2)6-9)8-15-18-14(19)13-7-11(3)16-17-13/h4-8H,1-3H3,(H,16,17)(H,18,19). The smallest absolute Gasteiger partial charge is 0.282 e. The highest BCUT2D eigenvalue weighted by atomic mass is 16.2. The number of hydrogen-bond donors (Lipinski definition) is 2.